The van der Waals surface area contributed by atoms with E-state index in [9.17, 15) is 9.90 Å². The fraction of sp³-hybridized carbons (Fsp3) is 0.100. The molecule has 0 radical (unpaired) electrons. The molecule has 68 valence electrons. The lowest BCUT2D eigenvalue weighted by molar-refractivity contribution is -0.297. The topological polar surface area (TPSA) is 52.2 Å². The van der Waals surface area contributed by atoms with Crippen molar-refractivity contribution in [3.05, 3.63) is 35.9 Å². The van der Waals surface area contributed by atoms with Crippen LogP contribution in [0.4, 0.5) is 5.69 Å². The largest absolute Gasteiger partial charge is 0.545 e. The second kappa shape index (κ2) is 4.30. The maximum absolute atomic E-state index is 10.1. The Kier molecular flexibility index (Phi) is 3.09. The zero-order valence-corrected chi connectivity index (χ0v) is 7.28. The van der Waals surface area contributed by atoms with Crippen LogP contribution in [0.25, 0.3) is 6.08 Å². The van der Waals surface area contributed by atoms with Gasteiger partial charge in [-0.1, -0.05) is 18.2 Å². The van der Waals surface area contributed by atoms with Gasteiger partial charge in [0.25, 0.3) is 0 Å². The maximum Gasteiger partial charge on any atom is 0.0643 e. The molecule has 1 aromatic rings. The van der Waals surface area contributed by atoms with Crippen LogP contribution in [-0.2, 0) is 4.79 Å². The van der Waals surface area contributed by atoms with E-state index in [1.165, 1.54) is 6.08 Å². The number of hydrogen-bond acceptors (Lipinski definition) is 3. The summed E-state index contributed by atoms with van der Waals surface area (Å²) in [5.74, 6) is -1.18. The minimum Gasteiger partial charge on any atom is -0.545 e. The molecule has 0 heterocycles. The molecule has 1 rings (SSSR count). The molecule has 0 aliphatic rings. The van der Waals surface area contributed by atoms with Gasteiger partial charge in [-0.2, -0.15) is 0 Å². The summed E-state index contributed by atoms with van der Waals surface area (Å²) < 4.78 is 0. The van der Waals surface area contributed by atoms with Crippen LogP contribution in [-0.4, -0.2) is 13.0 Å². The van der Waals surface area contributed by atoms with Crippen LogP contribution in [0.15, 0.2) is 30.3 Å². The molecule has 13 heavy (non-hydrogen) atoms. The third kappa shape index (κ3) is 2.99. The third-order valence-electron chi connectivity index (χ3n) is 1.61. The fourth-order valence-electron chi connectivity index (χ4n) is 0.925. The van der Waals surface area contributed by atoms with Gasteiger partial charge in [0, 0.05) is 12.7 Å². The summed E-state index contributed by atoms with van der Waals surface area (Å²) in [4.78, 5) is 10.1. The lowest BCUT2D eigenvalue weighted by atomic mass is 10.2. The number of carbonyl (C=O) groups excluding carboxylic acids is 1. The number of anilines is 1. The van der Waals surface area contributed by atoms with Gasteiger partial charge in [0.05, 0.1) is 5.97 Å². The summed E-state index contributed by atoms with van der Waals surface area (Å²) in [6, 6.07) is 7.39. The van der Waals surface area contributed by atoms with Crippen LogP contribution < -0.4 is 10.4 Å². The summed E-state index contributed by atoms with van der Waals surface area (Å²) in [7, 11) is 1.83. The van der Waals surface area contributed by atoms with E-state index in [-0.39, 0.29) is 0 Å². The Hall–Kier alpha value is -1.77. The molecule has 3 nitrogen and oxygen atoms in total. The monoisotopic (exact) mass is 176 g/mol. The molecule has 1 aromatic carbocycles. The third-order valence-corrected chi connectivity index (χ3v) is 1.61. The number of hydrogen-bond donors (Lipinski definition) is 1. The first-order valence-corrected chi connectivity index (χ1v) is 3.89. The van der Waals surface area contributed by atoms with Crippen molar-refractivity contribution < 1.29 is 9.90 Å². The number of aliphatic carboxylic acids is 1. The first kappa shape index (κ1) is 9.32. The minimum absolute atomic E-state index is 0.836. The summed E-state index contributed by atoms with van der Waals surface area (Å²) in [6.07, 6.45) is 2.50. The van der Waals surface area contributed by atoms with E-state index in [0.717, 1.165) is 17.3 Å². The van der Waals surface area contributed by atoms with Crippen molar-refractivity contribution in [1.29, 1.82) is 0 Å². The molecule has 0 saturated heterocycles. The number of carbonyl (C=O) groups is 1. The van der Waals surface area contributed by atoms with Gasteiger partial charge < -0.3 is 15.2 Å². The lowest BCUT2D eigenvalue weighted by Crippen LogP contribution is -2.18. The van der Waals surface area contributed by atoms with Crippen molar-refractivity contribution in [1.82, 2.24) is 0 Å². The summed E-state index contributed by atoms with van der Waals surface area (Å²) in [5.41, 5.74) is 1.83. The van der Waals surface area contributed by atoms with Gasteiger partial charge in [0.15, 0.2) is 0 Å². The van der Waals surface area contributed by atoms with E-state index in [1.807, 2.05) is 31.3 Å². The minimum atomic E-state index is -1.18. The van der Waals surface area contributed by atoms with Gasteiger partial charge in [-0.25, -0.2) is 0 Å². The van der Waals surface area contributed by atoms with Crippen molar-refractivity contribution >= 4 is 17.7 Å². The zero-order chi connectivity index (χ0) is 9.68. The normalized spacial score (nSPS) is 10.2. The number of carboxylic acid groups (broad SMARTS) is 1. The van der Waals surface area contributed by atoms with Crippen LogP contribution in [0, 0.1) is 0 Å². The first-order valence-electron chi connectivity index (χ1n) is 3.89. The van der Waals surface area contributed by atoms with Crippen molar-refractivity contribution in [3.8, 4) is 0 Å². The highest BCUT2D eigenvalue weighted by Crippen LogP contribution is 2.09. The van der Waals surface area contributed by atoms with Crippen LogP contribution in [0.1, 0.15) is 5.56 Å². The van der Waals surface area contributed by atoms with Crippen molar-refractivity contribution in [2.24, 2.45) is 0 Å². The molecule has 0 saturated carbocycles. The molecule has 0 bridgehead atoms. The molecular weight excluding hydrogens is 166 g/mol. The second-order valence-corrected chi connectivity index (χ2v) is 2.52. The molecule has 1 N–H and O–H groups in total. The number of rotatable bonds is 3. The van der Waals surface area contributed by atoms with Crippen LogP contribution in [0.3, 0.4) is 0 Å². The van der Waals surface area contributed by atoms with Gasteiger partial charge in [-0.05, 0) is 23.8 Å². The van der Waals surface area contributed by atoms with Crippen molar-refractivity contribution in [2.45, 2.75) is 0 Å². The molecule has 0 amide bonds. The molecule has 0 aliphatic heterocycles. The van der Waals surface area contributed by atoms with Crippen LogP contribution in [0.5, 0.6) is 0 Å². The molecule has 0 atom stereocenters. The average Bonchev–Trinajstić information content (AvgIpc) is 2.15. The highest BCUT2D eigenvalue weighted by atomic mass is 16.4. The van der Waals surface area contributed by atoms with E-state index < -0.39 is 5.97 Å². The van der Waals surface area contributed by atoms with Crippen LogP contribution in [0.2, 0.25) is 0 Å². The van der Waals surface area contributed by atoms with Crippen LogP contribution >= 0.6 is 0 Å². The average molecular weight is 176 g/mol. The second-order valence-electron chi connectivity index (χ2n) is 2.52. The summed E-state index contributed by atoms with van der Waals surface area (Å²) in [5, 5.41) is 13.1. The van der Waals surface area contributed by atoms with E-state index in [0.29, 0.717) is 0 Å². The Balaban J connectivity index is 2.75. The van der Waals surface area contributed by atoms with E-state index in [4.69, 9.17) is 0 Å². The van der Waals surface area contributed by atoms with Crippen molar-refractivity contribution in [2.75, 3.05) is 12.4 Å². The Labute approximate surface area is 76.7 Å². The van der Waals surface area contributed by atoms with Gasteiger partial charge in [0.1, 0.15) is 0 Å². The Morgan fingerprint density at radius 2 is 2.00 bits per heavy atom. The molecule has 0 aromatic heterocycles. The maximum atomic E-state index is 10.1. The fourth-order valence-corrected chi connectivity index (χ4v) is 0.925. The van der Waals surface area contributed by atoms with Gasteiger partial charge in [-0.15, -0.1) is 0 Å². The SMILES string of the molecule is CNc1ccc(/C=C/C(=O)[O-])cc1. The molecule has 0 fully saturated rings. The molecule has 0 unspecified atom stereocenters. The highest BCUT2D eigenvalue weighted by Gasteiger charge is 1.87. The Morgan fingerprint density at radius 3 is 2.46 bits per heavy atom. The standard InChI is InChI=1S/C10H11NO2/c1-11-9-5-2-8(3-6-9)4-7-10(12)13/h2-7,11H,1H3,(H,12,13)/p-1/b7-4+. The highest BCUT2D eigenvalue weighted by molar-refractivity contribution is 5.83. The zero-order valence-electron chi connectivity index (χ0n) is 7.28. The van der Waals surface area contributed by atoms with Gasteiger partial charge in [0.2, 0.25) is 0 Å². The van der Waals surface area contributed by atoms with Crippen molar-refractivity contribution in [3.63, 3.8) is 0 Å². The summed E-state index contributed by atoms with van der Waals surface area (Å²) >= 11 is 0. The van der Waals surface area contributed by atoms with E-state index >= 15 is 0 Å². The Morgan fingerprint density at radius 1 is 1.38 bits per heavy atom. The predicted molar refractivity (Wildman–Crippen MR) is 50.0 cm³/mol. The lowest BCUT2D eigenvalue weighted by Gasteiger charge is -1.99. The van der Waals surface area contributed by atoms with E-state index in [1.54, 1.807) is 0 Å². The van der Waals surface area contributed by atoms with Gasteiger partial charge >= 0.3 is 0 Å². The quantitative estimate of drug-likeness (QED) is 0.682. The Bertz CT molecular complexity index is 314. The number of carboxylic acids is 1. The molecule has 0 aliphatic carbocycles. The van der Waals surface area contributed by atoms with E-state index in [2.05, 4.69) is 5.32 Å². The first-order chi connectivity index (χ1) is 6.22. The number of benzene rings is 1. The number of nitrogens with one attached hydrogen (secondary N) is 1. The van der Waals surface area contributed by atoms with Gasteiger partial charge in [-0.3, -0.25) is 0 Å². The molecular formula is C10H10NO2-. The molecule has 3 heteroatoms. The smallest absolute Gasteiger partial charge is 0.0643 e. The predicted octanol–water partition coefficient (Wildman–Crippen LogP) is 0.491. The molecule has 0 spiro atoms. The summed E-state index contributed by atoms with van der Waals surface area (Å²) in [6.45, 7) is 0.